The van der Waals surface area contributed by atoms with Gasteiger partial charge in [0.25, 0.3) is 0 Å². The summed E-state index contributed by atoms with van der Waals surface area (Å²) in [5, 5.41) is 9.84. The lowest BCUT2D eigenvalue weighted by Gasteiger charge is -2.44. The maximum absolute atomic E-state index is 12.6. The highest BCUT2D eigenvalue weighted by Crippen LogP contribution is 2.33. The first-order valence-electron chi connectivity index (χ1n) is 7.22. The highest BCUT2D eigenvalue weighted by atomic mass is 19.1. The first kappa shape index (κ1) is 13.3. The number of hydrogen-bond acceptors (Lipinski definition) is 2. The molecule has 2 aliphatic rings. The van der Waals surface area contributed by atoms with Gasteiger partial charge in [0, 0.05) is 6.04 Å². The molecule has 3 heteroatoms. The molecule has 1 aliphatic heterocycles. The Morgan fingerprint density at radius 2 is 1.88 bits per heavy atom. The van der Waals surface area contributed by atoms with Gasteiger partial charge in [0.1, 0.15) is 0 Å². The van der Waals surface area contributed by atoms with Crippen LogP contribution >= 0.6 is 0 Å². The van der Waals surface area contributed by atoms with Crippen LogP contribution < -0.4 is 0 Å². The average molecular weight is 243 g/mol. The minimum absolute atomic E-state index is 0.110. The number of rotatable bonds is 3. The summed E-state index contributed by atoms with van der Waals surface area (Å²) in [6.45, 7) is 4.16. The Bertz CT molecular complexity index is 228. The fourth-order valence-electron chi connectivity index (χ4n) is 3.55. The van der Waals surface area contributed by atoms with E-state index in [-0.39, 0.29) is 12.8 Å². The fourth-order valence-corrected chi connectivity index (χ4v) is 3.55. The second-order valence-corrected chi connectivity index (χ2v) is 5.84. The van der Waals surface area contributed by atoms with Crippen LogP contribution in [0.15, 0.2) is 0 Å². The van der Waals surface area contributed by atoms with Gasteiger partial charge in [-0.05, 0) is 57.0 Å². The zero-order chi connectivity index (χ0) is 12.3. The topological polar surface area (TPSA) is 23.5 Å². The van der Waals surface area contributed by atoms with Crippen molar-refractivity contribution in [3.8, 4) is 0 Å². The van der Waals surface area contributed by atoms with E-state index in [0.717, 1.165) is 51.1 Å². The summed E-state index contributed by atoms with van der Waals surface area (Å²) in [5.41, 5.74) is 0. The molecular formula is C14H26FNO. The van der Waals surface area contributed by atoms with E-state index in [0.29, 0.717) is 12.0 Å². The highest BCUT2D eigenvalue weighted by Gasteiger charge is 2.34. The van der Waals surface area contributed by atoms with Crippen LogP contribution in [-0.4, -0.2) is 41.9 Å². The molecule has 17 heavy (non-hydrogen) atoms. The van der Waals surface area contributed by atoms with Gasteiger partial charge in [0.2, 0.25) is 0 Å². The Morgan fingerprint density at radius 1 is 1.18 bits per heavy atom. The lowest BCUT2D eigenvalue weighted by molar-refractivity contribution is 0.00875. The minimum Gasteiger partial charge on any atom is -0.393 e. The van der Waals surface area contributed by atoms with Crippen molar-refractivity contribution in [3.05, 3.63) is 0 Å². The van der Waals surface area contributed by atoms with Crippen LogP contribution in [0.4, 0.5) is 4.39 Å². The van der Waals surface area contributed by atoms with Crippen molar-refractivity contribution >= 4 is 0 Å². The van der Waals surface area contributed by atoms with Gasteiger partial charge in [0.15, 0.2) is 0 Å². The van der Waals surface area contributed by atoms with E-state index in [1.54, 1.807) is 0 Å². The molecule has 3 unspecified atom stereocenters. The van der Waals surface area contributed by atoms with Crippen LogP contribution in [0.5, 0.6) is 0 Å². The number of aliphatic hydroxyl groups is 1. The highest BCUT2D eigenvalue weighted by molar-refractivity contribution is 4.88. The summed E-state index contributed by atoms with van der Waals surface area (Å²) in [5.74, 6) is 1.03. The summed E-state index contributed by atoms with van der Waals surface area (Å²) in [4.78, 5) is 2.52. The van der Waals surface area contributed by atoms with Crippen molar-refractivity contribution in [2.45, 2.75) is 57.6 Å². The zero-order valence-electron chi connectivity index (χ0n) is 10.9. The van der Waals surface area contributed by atoms with Crippen LogP contribution in [0, 0.1) is 11.8 Å². The molecule has 1 heterocycles. The second-order valence-electron chi connectivity index (χ2n) is 5.84. The van der Waals surface area contributed by atoms with Gasteiger partial charge in [-0.15, -0.1) is 0 Å². The molecule has 0 aromatic carbocycles. The number of piperidine rings is 1. The third-order valence-corrected chi connectivity index (χ3v) is 4.79. The Morgan fingerprint density at radius 3 is 2.47 bits per heavy atom. The van der Waals surface area contributed by atoms with Crippen LogP contribution in [0.25, 0.3) is 0 Å². The molecule has 0 amide bonds. The van der Waals surface area contributed by atoms with Gasteiger partial charge in [-0.3, -0.25) is 9.29 Å². The van der Waals surface area contributed by atoms with Crippen molar-refractivity contribution in [2.24, 2.45) is 11.8 Å². The molecule has 3 atom stereocenters. The van der Waals surface area contributed by atoms with E-state index in [1.807, 2.05) is 0 Å². The maximum Gasteiger partial charge on any atom is 0.0923 e. The third-order valence-electron chi connectivity index (χ3n) is 4.79. The monoisotopic (exact) mass is 243 g/mol. The molecule has 0 bridgehead atoms. The molecule has 2 rings (SSSR count). The van der Waals surface area contributed by atoms with Gasteiger partial charge in [-0.25, -0.2) is 0 Å². The number of likely N-dealkylation sites (tertiary alicyclic amines) is 1. The molecule has 0 radical (unpaired) electrons. The van der Waals surface area contributed by atoms with Gasteiger partial charge in [0.05, 0.1) is 12.8 Å². The lowest BCUT2D eigenvalue weighted by atomic mass is 9.79. The van der Waals surface area contributed by atoms with E-state index in [9.17, 15) is 9.50 Å². The lowest BCUT2D eigenvalue weighted by Crippen LogP contribution is -2.49. The standard InChI is InChI=1S/C14H26FNO/c1-2-12-3-4-13(17)9-14(12)16-7-5-11(10-15)6-8-16/h11-14,17H,2-10H2,1H3. The molecule has 100 valence electrons. The second kappa shape index (κ2) is 6.14. The Labute approximate surface area is 104 Å². The fraction of sp³-hybridized carbons (Fsp3) is 1.00. The first-order valence-corrected chi connectivity index (χ1v) is 7.22. The summed E-state index contributed by atoms with van der Waals surface area (Å²) >= 11 is 0. The molecule has 1 aliphatic carbocycles. The number of hydrogen-bond donors (Lipinski definition) is 1. The zero-order valence-corrected chi connectivity index (χ0v) is 10.9. The van der Waals surface area contributed by atoms with Crippen molar-refractivity contribution in [1.29, 1.82) is 0 Å². The van der Waals surface area contributed by atoms with Crippen LogP contribution in [-0.2, 0) is 0 Å². The quantitative estimate of drug-likeness (QED) is 0.823. The molecule has 1 saturated carbocycles. The molecule has 0 aromatic rings. The van der Waals surface area contributed by atoms with Crippen LogP contribution in [0.2, 0.25) is 0 Å². The third kappa shape index (κ3) is 3.19. The van der Waals surface area contributed by atoms with Gasteiger partial charge >= 0.3 is 0 Å². The van der Waals surface area contributed by atoms with Crippen molar-refractivity contribution in [2.75, 3.05) is 19.8 Å². The van der Waals surface area contributed by atoms with Crippen molar-refractivity contribution < 1.29 is 9.50 Å². The summed E-state index contributed by atoms with van der Waals surface area (Å²) < 4.78 is 12.6. The van der Waals surface area contributed by atoms with Gasteiger partial charge in [-0.1, -0.05) is 13.3 Å². The summed E-state index contributed by atoms with van der Waals surface area (Å²) in [7, 11) is 0. The average Bonchev–Trinajstić information content (AvgIpc) is 2.39. The SMILES string of the molecule is CCC1CCC(O)CC1N1CCC(CF)CC1. The molecule has 1 saturated heterocycles. The number of nitrogens with zero attached hydrogens (tertiary/aromatic N) is 1. The number of aliphatic hydroxyl groups excluding tert-OH is 1. The van der Waals surface area contributed by atoms with Gasteiger partial charge in [-0.2, -0.15) is 0 Å². The molecule has 1 N–H and O–H groups in total. The van der Waals surface area contributed by atoms with Crippen LogP contribution in [0.1, 0.15) is 45.4 Å². The van der Waals surface area contributed by atoms with E-state index in [2.05, 4.69) is 11.8 Å². The number of alkyl halides is 1. The maximum atomic E-state index is 12.6. The minimum atomic E-state index is -0.154. The molecule has 2 nitrogen and oxygen atoms in total. The largest absolute Gasteiger partial charge is 0.393 e. The predicted octanol–water partition coefficient (Wildman–Crippen LogP) is 2.61. The molecule has 0 aromatic heterocycles. The van der Waals surface area contributed by atoms with Crippen molar-refractivity contribution in [1.82, 2.24) is 4.90 Å². The predicted molar refractivity (Wildman–Crippen MR) is 67.7 cm³/mol. The molecule has 2 fully saturated rings. The summed E-state index contributed by atoms with van der Waals surface area (Å²) in [6, 6.07) is 0.546. The molecule has 0 spiro atoms. The van der Waals surface area contributed by atoms with E-state index >= 15 is 0 Å². The normalized spacial score (nSPS) is 37.2. The van der Waals surface area contributed by atoms with E-state index < -0.39 is 0 Å². The number of halogens is 1. The van der Waals surface area contributed by atoms with Crippen LogP contribution in [0.3, 0.4) is 0 Å². The Hall–Kier alpha value is -0.150. The van der Waals surface area contributed by atoms with Crippen molar-refractivity contribution in [3.63, 3.8) is 0 Å². The van der Waals surface area contributed by atoms with E-state index in [1.165, 1.54) is 6.42 Å². The van der Waals surface area contributed by atoms with E-state index in [4.69, 9.17) is 0 Å². The Balaban J connectivity index is 1.90. The van der Waals surface area contributed by atoms with Gasteiger partial charge < -0.3 is 5.11 Å². The molecular weight excluding hydrogens is 217 g/mol. The summed E-state index contributed by atoms with van der Waals surface area (Å²) in [6.07, 6.45) is 6.15. The first-order chi connectivity index (χ1) is 8.24. The smallest absolute Gasteiger partial charge is 0.0923 e. The Kier molecular flexibility index (Phi) is 4.80.